The number of nitrogens with one attached hydrogen (secondary N) is 1. The van der Waals surface area contributed by atoms with Gasteiger partial charge in [-0.3, -0.25) is 0 Å². The predicted octanol–water partition coefficient (Wildman–Crippen LogP) is 2.91. The van der Waals surface area contributed by atoms with Gasteiger partial charge in [0.25, 0.3) is 0 Å². The topological polar surface area (TPSA) is 30.5 Å². The molecule has 0 radical (unpaired) electrons. The molecule has 3 nitrogen and oxygen atoms in total. The van der Waals surface area contributed by atoms with E-state index in [-0.39, 0.29) is 11.7 Å². The fraction of sp³-hybridized carbons (Fsp3) is 0.600. The van der Waals surface area contributed by atoms with Gasteiger partial charge in [0, 0.05) is 18.7 Å². The average Bonchev–Trinajstić information content (AvgIpc) is 2.38. The van der Waals surface area contributed by atoms with Crippen molar-refractivity contribution in [3.63, 3.8) is 0 Å². The molecule has 2 unspecified atom stereocenters. The molecule has 1 aromatic rings. The van der Waals surface area contributed by atoms with E-state index in [1.807, 2.05) is 18.2 Å². The summed E-state index contributed by atoms with van der Waals surface area (Å²) in [7, 11) is 1.71. The van der Waals surface area contributed by atoms with Crippen molar-refractivity contribution in [3.8, 4) is 5.75 Å². The Kier molecular flexibility index (Phi) is 4.25. The zero-order valence-electron chi connectivity index (χ0n) is 11.5. The molecule has 3 heteroatoms. The molecule has 1 aromatic carbocycles. The number of hydrogen-bond acceptors (Lipinski definition) is 3. The van der Waals surface area contributed by atoms with Crippen LogP contribution in [0.25, 0.3) is 0 Å². The molecule has 0 aliphatic carbocycles. The molecule has 1 aliphatic heterocycles. The maximum Gasteiger partial charge on any atom is 0.124 e. The smallest absolute Gasteiger partial charge is 0.124 e. The molecular weight excluding hydrogens is 226 g/mol. The molecule has 0 spiro atoms. The van der Waals surface area contributed by atoms with E-state index in [0.717, 1.165) is 37.2 Å². The minimum absolute atomic E-state index is 0.0709. The van der Waals surface area contributed by atoms with Crippen LogP contribution in [0.4, 0.5) is 0 Å². The first kappa shape index (κ1) is 13.4. The third-order valence-corrected chi connectivity index (χ3v) is 3.52. The average molecular weight is 249 g/mol. The van der Waals surface area contributed by atoms with Crippen molar-refractivity contribution in [1.82, 2.24) is 5.32 Å². The molecule has 1 aliphatic rings. The molecule has 1 fully saturated rings. The number of hydrogen-bond donors (Lipinski definition) is 1. The van der Waals surface area contributed by atoms with Crippen LogP contribution in [0.5, 0.6) is 5.75 Å². The minimum atomic E-state index is -0.0709. The van der Waals surface area contributed by atoms with Crippen LogP contribution in [0.15, 0.2) is 24.3 Å². The van der Waals surface area contributed by atoms with Crippen LogP contribution in [0.1, 0.15) is 38.4 Å². The summed E-state index contributed by atoms with van der Waals surface area (Å²) in [6.07, 6.45) is 2.29. The quantitative estimate of drug-likeness (QED) is 0.890. The van der Waals surface area contributed by atoms with Crippen molar-refractivity contribution in [2.24, 2.45) is 0 Å². The first-order valence-electron chi connectivity index (χ1n) is 6.70. The van der Waals surface area contributed by atoms with Crippen LogP contribution in [0.2, 0.25) is 0 Å². The van der Waals surface area contributed by atoms with E-state index in [0.29, 0.717) is 0 Å². The summed E-state index contributed by atoms with van der Waals surface area (Å²) in [4.78, 5) is 0. The van der Waals surface area contributed by atoms with Gasteiger partial charge in [0.05, 0.1) is 18.8 Å². The summed E-state index contributed by atoms with van der Waals surface area (Å²) >= 11 is 0. The zero-order valence-corrected chi connectivity index (χ0v) is 11.5. The van der Waals surface area contributed by atoms with Gasteiger partial charge in [-0.25, -0.2) is 0 Å². The second kappa shape index (κ2) is 5.72. The normalized spacial score (nSPS) is 28.1. The summed E-state index contributed by atoms with van der Waals surface area (Å²) in [5.41, 5.74) is 1.06. The fourth-order valence-electron chi connectivity index (χ4n) is 2.68. The maximum atomic E-state index is 6.30. The number of rotatable bonds is 4. The Morgan fingerprint density at radius 3 is 2.94 bits per heavy atom. The van der Waals surface area contributed by atoms with Gasteiger partial charge in [-0.1, -0.05) is 31.5 Å². The first-order valence-corrected chi connectivity index (χ1v) is 6.70. The van der Waals surface area contributed by atoms with E-state index in [1.165, 1.54) is 0 Å². The standard InChI is InChI=1S/C15H23NO2/c1-4-9-15(2)11-16-10-14(18-15)12-7-5-6-8-13(12)17-3/h5-8,14,16H,4,9-11H2,1-3H3. The lowest BCUT2D eigenvalue weighted by molar-refractivity contribution is -0.112. The van der Waals surface area contributed by atoms with Crippen LogP contribution in [0.3, 0.4) is 0 Å². The third-order valence-electron chi connectivity index (χ3n) is 3.52. The summed E-state index contributed by atoms with van der Waals surface area (Å²) < 4.78 is 11.7. The van der Waals surface area contributed by atoms with Crippen molar-refractivity contribution in [2.75, 3.05) is 20.2 Å². The second-order valence-electron chi connectivity index (χ2n) is 5.18. The van der Waals surface area contributed by atoms with E-state index in [1.54, 1.807) is 7.11 Å². The Balaban J connectivity index is 2.18. The van der Waals surface area contributed by atoms with Crippen molar-refractivity contribution in [3.05, 3.63) is 29.8 Å². The van der Waals surface area contributed by atoms with Gasteiger partial charge < -0.3 is 14.8 Å². The highest BCUT2D eigenvalue weighted by molar-refractivity contribution is 5.35. The Bertz CT molecular complexity index is 390. The SMILES string of the molecule is CCCC1(C)CNCC(c2ccccc2OC)O1. The molecule has 0 bridgehead atoms. The van der Waals surface area contributed by atoms with Crippen molar-refractivity contribution in [2.45, 2.75) is 38.4 Å². The molecule has 18 heavy (non-hydrogen) atoms. The highest BCUT2D eigenvalue weighted by Gasteiger charge is 2.33. The largest absolute Gasteiger partial charge is 0.496 e. The van der Waals surface area contributed by atoms with Gasteiger partial charge in [-0.05, 0) is 19.4 Å². The van der Waals surface area contributed by atoms with Crippen LogP contribution in [-0.4, -0.2) is 25.8 Å². The van der Waals surface area contributed by atoms with Gasteiger partial charge in [0.15, 0.2) is 0 Å². The highest BCUT2D eigenvalue weighted by Crippen LogP contribution is 2.34. The lowest BCUT2D eigenvalue weighted by Crippen LogP contribution is -2.48. The van der Waals surface area contributed by atoms with Crippen LogP contribution < -0.4 is 10.1 Å². The first-order chi connectivity index (χ1) is 8.68. The highest BCUT2D eigenvalue weighted by atomic mass is 16.5. The van der Waals surface area contributed by atoms with E-state index >= 15 is 0 Å². The lowest BCUT2D eigenvalue weighted by atomic mass is 9.96. The molecule has 1 N–H and O–H groups in total. The summed E-state index contributed by atoms with van der Waals surface area (Å²) in [6, 6.07) is 8.10. The summed E-state index contributed by atoms with van der Waals surface area (Å²) in [5, 5.41) is 3.48. The van der Waals surface area contributed by atoms with Crippen molar-refractivity contribution < 1.29 is 9.47 Å². The monoisotopic (exact) mass is 249 g/mol. The van der Waals surface area contributed by atoms with Gasteiger partial charge in [-0.15, -0.1) is 0 Å². The van der Waals surface area contributed by atoms with Crippen LogP contribution in [-0.2, 0) is 4.74 Å². The van der Waals surface area contributed by atoms with Crippen LogP contribution >= 0.6 is 0 Å². The molecule has 1 heterocycles. The predicted molar refractivity (Wildman–Crippen MR) is 73.0 cm³/mol. The third kappa shape index (κ3) is 2.85. The van der Waals surface area contributed by atoms with Gasteiger partial charge >= 0.3 is 0 Å². The van der Waals surface area contributed by atoms with Gasteiger partial charge in [0.1, 0.15) is 5.75 Å². The number of para-hydroxylation sites is 1. The second-order valence-corrected chi connectivity index (χ2v) is 5.18. The molecular formula is C15H23NO2. The maximum absolute atomic E-state index is 6.30. The fourth-order valence-corrected chi connectivity index (χ4v) is 2.68. The summed E-state index contributed by atoms with van der Waals surface area (Å²) in [5.74, 6) is 0.907. The van der Waals surface area contributed by atoms with Crippen molar-refractivity contribution in [1.29, 1.82) is 0 Å². The van der Waals surface area contributed by atoms with Crippen molar-refractivity contribution >= 4 is 0 Å². The lowest BCUT2D eigenvalue weighted by Gasteiger charge is -2.39. The molecule has 0 saturated carbocycles. The number of ether oxygens (including phenoxy) is 2. The number of methoxy groups -OCH3 is 1. The van der Waals surface area contributed by atoms with E-state index < -0.39 is 0 Å². The van der Waals surface area contributed by atoms with Gasteiger partial charge in [-0.2, -0.15) is 0 Å². The molecule has 2 atom stereocenters. The summed E-state index contributed by atoms with van der Waals surface area (Å²) in [6.45, 7) is 6.15. The molecule has 100 valence electrons. The van der Waals surface area contributed by atoms with Gasteiger partial charge in [0.2, 0.25) is 0 Å². The Hall–Kier alpha value is -1.06. The Morgan fingerprint density at radius 1 is 1.44 bits per heavy atom. The number of benzene rings is 1. The Labute approximate surface area is 109 Å². The van der Waals surface area contributed by atoms with Crippen LogP contribution in [0, 0.1) is 0 Å². The molecule has 0 aromatic heterocycles. The van der Waals surface area contributed by atoms with E-state index in [4.69, 9.17) is 9.47 Å². The molecule has 2 rings (SSSR count). The zero-order chi connectivity index (χ0) is 13.0. The van der Waals surface area contributed by atoms with E-state index in [2.05, 4.69) is 25.2 Å². The molecule has 1 saturated heterocycles. The minimum Gasteiger partial charge on any atom is -0.496 e. The van der Waals surface area contributed by atoms with E-state index in [9.17, 15) is 0 Å². The Morgan fingerprint density at radius 2 is 2.22 bits per heavy atom. The molecule has 0 amide bonds. The number of morpholine rings is 1.